The van der Waals surface area contributed by atoms with Gasteiger partial charge in [0.15, 0.2) is 0 Å². The lowest BCUT2D eigenvalue weighted by Gasteiger charge is -2.31. The molecule has 1 aliphatic rings. The predicted octanol–water partition coefficient (Wildman–Crippen LogP) is 6.07. The van der Waals surface area contributed by atoms with Crippen LogP contribution in [0, 0.1) is 11.6 Å². The number of aryl methyl sites for hydroxylation is 1. The highest BCUT2D eigenvalue weighted by Crippen LogP contribution is 2.35. The molecule has 0 spiro atoms. The van der Waals surface area contributed by atoms with E-state index >= 15 is 0 Å². The molecule has 0 fully saturated rings. The van der Waals surface area contributed by atoms with Gasteiger partial charge in [0, 0.05) is 42.2 Å². The molecule has 0 aliphatic carbocycles. The van der Waals surface area contributed by atoms with Crippen molar-refractivity contribution in [2.45, 2.75) is 19.0 Å². The lowest BCUT2D eigenvalue weighted by Crippen LogP contribution is -2.36. The molecule has 0 saturated heterocycles. The number of hydrogen-bond donors (Lipinski definition) is 0. The molecule has 5 heteroatoms. The molecule has 0 bridgehead atoms. The number of fused-ring (bicyclic) bond motifs is 1. The van der Waals surface area contributed by atoms with E-state index in [1.54, 1.807) is 4.90 Å². The number of benzene rings is 3. The van der Waals surface area contributed by atoms with Crippen molar-refractivity contribution in [3.63, 3.8) is 0 Å². The minimum Gasteiger partial charge on any atom is -0.349 e. The van der Waals surface area contributed by atoms with E-state index in [0.29, 0.717) is 17.7 Å². The Bertz CT molecular complexity index is 1250. The third-order valence-electron chi connectivity index (χ3n) is 6.01. The van der Waals surface area contributed by atoms with Crippen molar-refractivity contribution in [1.29, 1.82) is 0 Å². The van der Waals surface area contributed by atoms with Gasteiger partial charge < -0.3 is 9.47 Å². The summed E-state index contributed by atoms with van der Waals surface area (Å²) < 4.78 is 30.5. The number of carbonyl (C=O) groups is 1. The Labute approximate surface area is 185 Å². The molecule has 5 rings (SSSR count). The van der Waals surface area contributed by atoms with E-state index in [-0.39, 0.29) is 5.91 Å². The SMILES string of the molecule is O=C(c1ccc(-c2ccccc2)cc1)N1CCCn2cccc2C1c1ccc(F)cc1F. The Morgan fingerprint density at radius 3 is 2.31 bits per heavy atom. The van der Waals surface area contributed by atoms with Crippen LogP contribution in [-0.4, -0.2) is 21.9 Å². The third-order valence-corrected chi connectivity index (χ3v) is 6.01. The maximum absolute atomic E-state index is 14.9. The Balaban J connectivity index is 1.53. The average molecular weight is 428 g/mol. The molecule has 1 amide bonds. The molecule has 2 heterocycles. The Morgan fingerprint density at radius 1 is 0.812 bits per heavy atom. The van der Waals surface area contributed by atoms with Crippen molar-refractivity contribution in [2.24, 2.45) is 0 Å². The zero-order valence-corrected chi connectivity index (χ0v) is 17.4. The second kappa shape index (κ2) is 8.42. The summed E-state index contributed by atoms with van der Waals surface area (Å²) in [5.74, 6) is -1.46. The van der Waals surface area contributed by atoms with E-state index in [2.05, 4.69) is 0 Å². The summed E-state index contributed by atoms with van der Waals surface area (Å²) >= 11 is 0. The van der Waals surface area contributed by atoms with Gasteiger partial charge in [0.2, 0.25) is 0 Å². The molecule has 0 N–H and O–H groups in total. The summed E-state index contributed by atoms with van der Waals surface area (Å²) in [6.07, 6.45) is 2.68. The average Bonchev–Trinajstić information content (AvgIpc) is 3.20. The molecule has 1 aromatic heterocycles. The number of rotatable bonds is 3. The highest BCUT2D eigenvalue weighted by atomic mass is 19.1. The molecular formula is C27H22F2N2O. The summed E-state index contributed by atoms with van der Waals surface area (Å²) in [5.41, 5.74) is 3.75. The highest BCUT2D eigenvalue weighted by molar-refractivity contribution is 5.95. The topological polar surface area (TPSA) is 25.2 Å². The van der Waals surface area contributed by atoms with Gasteiger partial charge in [-0.3, -0.25) is 4.79 Å². The van der Waals surface area contributed by atoms with Crippen molar-refractivity contribution in [2.75, 3.05) is 6.54 Å². The number of nitrogens with zero attached hydrogens (tertiary/aromatic N) is 2. The van der Waals surface area contributed by atoms with Gasteiger partial charge in [0.05, 0.1) is 0 Å². The van der Waals surface area contributed by atoms with Crippen LogP contribution in [0.2, 0.25) is 0 Å². The van der Waals surface area contributed by atoms with Crippen LogP contribution in [-0.2, 0) is 6.54 Å². The quantitative estimate of drug-likeness (QED) is 0.389. The summed E-state index contributed by atoms with van der Waals surface area (Å²) in [7, 11) is 0. The molecule has 1 atom stereocenters. The van der Waals surface area contributed by atoms with Crippen LogP contribution in [0.3, 0.4) is 0 Å². The lowest BCUT2D eigenvalue weighted by atomic mass is 9.99. The molecule has 160 valence electrons. The Morgan fingerprint density at radius 2 is 1.56 bits per heavy atom. The third kappa shape index (κ3) is 3.71. The number of halogens is 2. The zero-order valence-electron chi connectivity index (χ0n) is 17.4. The molecular weight excluding hydrogens is 406 g/mol. The van der Waals surface area contributed by atoms with E-state index < -0.39 is 17.7 Å². The first-order valence-corrected chi connectivity index (χ1v) is 10.7. The lowest BCUT2D eigenvalue weighted by molar-refractivity contribution is 0.0707. The first-order chi connectivity index (χ1) is 15.6. The second-order valence-electron chi connectivity index (χ2n) is 7.99. The smallest absolute Gasteiger partial charge is 0.254 e. The monoisotopic (exact) mass is 428 g/mol. The van der Waals surface area contributed by atoms with Crippen molar-refractivity contribution in [3.05, 3.63) is 120 Å². The largest absolute Gasteiger partial charge is 0.349 e. The van der Waals surface area contributed by atoms with Crippen LogP contribution in [0.15, 0.2) is 91.1 Å². The minimum atomic E-state index is -0.651. The van der Waals surface area contributed by atoms with E-state index in [1.807, 2.05) is 77.5 Å². The van der Waals surface area contributed by atoms with Crippen molar-refractivity contribution in [3.8, 4) is 11.1 Å². The van der Waals surface area contributed by atoms with Gasteiger partial charge in [-0.15, -0.1) is 0 Å². The maximum Gasteiger partial charge on any atom is 0.254 e. The van der Waals surface area contributed by atoms with E-state index in [4.69, 9.17) is 0 Å². The first-order valence-electron chi connectivity index (χ1n) is 10.7. The van der Waals surface area contributed by atoms with Crippen LogP contribution in [0.5, 0.6) is 0 Å². The number of amides is 1. The van der Waals surface area contributed by atoms with Gasteiger partial charge in [-0.05, 0) is 47.9 Å². The van der Waals surface area contributed by atoms with E-state index in [1.165, 1.54) is 12.1 Å². The van der Waals surface area contributed by atoms with Gasteiger partial charge in [-0.2, -0.15) is 0 Å². The molecule has 1 unspecified atom stereocenters. The van der Waals surface area contributed by atoms with Gasteiger partial charge >= 0.3 is 0 Å². The van der Waals surface area contributed by atoms with Crippen molar-refractivity contribution >= 4 is 5.91 Å². The second-order valence-corrected chi connectivity index (χ2v) is 7.99. The van der Waals surface area contributed by atoms with E-state index in [9.17, 15) is 13.6 Å². The molecule has 32 heavy (non-hydrogen) atoms. The maximum atomic E-state index is 14.9. The molecule has 0 saturated carbocycles. The number of aromatic nitrogens is 1. The van der Waals surface area contributed by atoms with E-state index in [0.717, 1.165) is 35.9 Å². The first kappa shape index (κ1) is 20.2. The molecule has 0 radical (unpaired) electrons. The van der Waals surface area contributed by atoms with Crippen LogP contribution in [0.1, 0.15) is 34.1 Å². The van der Waals surface area contributed by atoms with Crippen LogP contribution in [0.25, 0.3) is 11.1 Å². The fourth-order valence-corrected chi connectivity index (χ4v) is 4.45. The van der Waals surface area contributed by atoms with Gasteiger partial charge in [-0.25, -0.2) is 8.78 Å². The Hall–Kier alpha value is -3.73. The summed E-state index contributed by atoms with van der Waals surface area (Å²) in [5, 5.41) is 0. The Kier molecular flexibility index (Phi) is 5.31. The molecule has 4 aromatic rings. The van der Waals surface area contributed by atoms with Crippen LogP contribution < -0.4 is 0 Å². The number of carbonyl (C=O) groups excluding carboxylic acids is 1. The fraction of sp³-hybridized carbons (Fsp3) is 0.148. The molecule has 3 aromatic carbocycles. The molecule has 3 nitrogen and oxygen atoms in total. The van der Waals surface area contributed by atoms with Crippen LogP contribution in [0.4, 0.5) is 8.78 Å². The van der Waals surface area contributed by atoms with Gasteiger partial charge in [-0.1, -0.05) is 48.5 Å². The summed E-state index contributed by atoms with van der Waals surface area (Å²) in [6, 6.07) is 24.2. The summed E-state index contributed by atoms with van der Waals surface area (Å²) in [6.45, 7) is 1.21. The van der Waals surface area contributed by atoms with Crippen molar-refractivity contribution in [1.82, 2.24) is 9.47 Å². The molecule has 1 aliphatic heterocycles. The predicted molar refractivity (Wildman–Crippen MR) is 120 cm³/mol. The van der Waals surface area contributed by atoms with Crippen LogP contribution >= 0.6 is 0 Å². The normalized spacial score (nSPS) is 15.8. The minimum absolute atomic E-state index is 0.173. The highest BCUT2D eigenvalue weighted by Gasteiger charge is 2.33. The van der Waals surface area contributed by atoms with Gasteiger partial charge in [0.1, 0.15) is 17.7 Å². The van der Waals surface area contributed by atoms with Crippen molar-refractivity contribution < 1.29 is 13.6 Å². The zero-order chi connectivity index (χ0) is 22.1. The summed E-state index contributed by atoms with van der Waals surface area (Å²) in [4.78, 5) is 15.3. The standard InChI is InChI=1S/C27H22F2N2O/c28-22-13-14-23(24(29)18-22)26-25-8-4-15-30(25)16-5-17-31(26)27(32)21-11-9-20(10-12-21)19-6-2-1-3-7-19/h1-4,6-15,18,26H,5,16-17H2. The fourth-order valence-electron chi connectivity index (χ4n) is 4.45. The number of hydrogen-bond acceptors (Lipinski definition) is 1. The van der Waals surface area contributed by atoms with Gasteiger partial charge in [0.25, 0.3) is 5.91 Å².